The largest absolute Gasteiger partial charge is 0.344 e. The number of benzene rings is 2. The van der Waals surface area contributed by atoms with Crippen LogP contribution < -0.4 is 16.4 Å². The average Bonchev–Trinajstić information content (AvgIpc) is 2.40. The van der Waals surface area contributed by atoms with Gasteiger partial charge in [0.1, 0.15) is 0 Å². The average molecular weight is 331 g/mol. The van der Waals surface area contributed by atoms with Gasteiger partial charge in [0.2, 0.25) is 20.0 Å². The summed E-state index contributed by atoms with van der Waals surface area (Å²) in [6.07, 6.45) is 0. The molecule has 0 saturated carbocycles. The maximum Gasteiger partial charge on any atom is 0.238 e. The van der Waals surface area contributed by atoms with Crippen molar-refractivity contribution in [1.82, 2.24) is 6.15 Å². The monoisotopic (exact) mass is 331 g/mol. The molecule has 2 rings (SSSR count). The van der Waals surface area contributed by atoms with E-state index in [9.17, 15) is 16.8 Å². The van der Waals surface area contributed by atoms with Crippen LogP contribution in [0.4, 0.5) is 0 Å². The third-order valence-electron chi connectivity index (χ3n) is 2.14. The summed E-state index contributed by atoms with van der Waals surface area (Å²) in [5.41, 5.74) is 0. The van der Waals surface area contributed by atoms with Crippen LogP contribution in [0.1, 0.15) is 0 Å². The predicted octanol–water partition coefficient (Wildman–Crippen LogP) is 0.830. The van der Waals surface area contributed by atoms with Crippen molar-refractivity contribution in [2.45, 2.75) is 9.79 Å². The second kappa shape index (κ2) is 7.86. The summed E-state index contributed by atoms with van der Waals surface area (Å²) in [5.74, 6) is 0. The van der Waals surface area contributed by atoms with Crippen LogP contribution in [0, 0.1) is 0 Å². The number of rotatable bonds is 2. The molecule has 0 amide bonds. The molecule has 7 nitrogen and oxygen atoms in total. The van der Waals surface area contributed by atoms with E-state index in [4.69, 9.17) is 10.3 Å². The van der Waals surface area contributed by atoms with Gasteiger partial charge in [-0.2, -0.15) is 0 Å². The Bertz CT molecular complexity index is 678. The molecule has 0 radical (unpaired) electrons. The molecule has 0 fully saturated rings. The fourth-order valence-corrected chi connectivity index (χ4v) is 2.29. The van der Waals surface area contributed by atoms with E-state index in [1.807, 2.05) is 0 Å². The summed E-state index contributed by atoms with van der Waals surface area (Å²) in [6.45, 7) is 0. The van der Waals surface area contributed by atoms with Gasteiger partial charge in [-0.25, -0.2) is 27.1 Å². The van der Waals surface area contributed by atoms with Crippen LogP contribution in [0.25, 0.3) is 0 Å². The van der Waals surface area contributed by atoms with Crippen LogP contribution >= 0.6 is 0 Å². The number of sulfonamides is 2. The fourth-order valence-electron chi connectivity index (χ4n) is 1.22. The lowest BCUT2D eigenvalue weighted by Crippen LogP contribution is -2.11. The molecule has 9 heteroatoms. The molecule has 2 aromatic rings. The molecule has 0 aliphatic carbocycles. The lowest BCUT2D eigenvalue weighted by Gasteiger charge is -1.93. The van der Waals surface area contributed by atoms with Gasteiger partial charge in [-0.05, 0) is 24.3 Å². The molecule has 7 N–H and O–H groups in total. The molecular weight excluding hydrogens is 314 g/mol. The Morgan fingerprint density at radius 1 is 0.571 bits per heavy atom. The molecule has 0 aromatic heterocycles. The fraction of sp³-hybridized carbons (Fsp3) is 0. The summed E-state index contributed by atoms with van der Waals surface area (Å²) in [5, 5.41) is 9.66. The Hall–Kier alpha value is -1.78. The highest BCUT2D eigenvalue weighted by molar-refractivity contribution is 7.89. The third kappa shape index (κ3) is 6.97. The Morgan fingerprint density at radius 3 is 0.952 bits per heavy atom. The van der Waals surface area contributed by atoms with Gasteiger partial charge in [0, 0.05) is 0 Å². The van der Waals surface area contributed by atoms with E-state index in [2.05, 4.69) is 0 Å². The van der Waals surface area contributed by atoms with Gasteiger partial charge in [-0.3, -0.25) is 0 Å². The number of hydrogen-bond donors (Lipinski definition) is 3. The Morgan fingerprint density at radius 2 is 0.810 bits per heavy atom. The van der Waals surface area contributed by atoms with Crippen LogP contribution in [0.3, 0.4) is 0 Å². The zero-order valence-corrected chi connectivity index (χ0v) is 12.7. The summed E-state index contributed by atoms with van der Waals surface area (Å²) >= 11 is 0. The molecule has 0 aliphatic rings. The van der Waals surface area contributed by atoms with E-state index < -0.39 is 20.0 Å². The van der Waals surface area contributed by atoms with E-state index in [-0.39, 0.29) is 15.9 Å². The zero-order chi connectivity index (χ0) is 15.2. The second-order valence-corrected chi connectivity index (χ2v) is 6.84. The quantitative estimate of drug-likeness (QED) is 0.743. The highest BCUT2D eigenvalue weighted by atomic mass is 32.2. The van der Waals surface area contributed by atoms with Crippen LogP contribution in [0.5, 0.6) is 0 Å². The smallest absolute Gasteiger partial charge is 0.238 e. The molecule has 0 aliphatic heterocycles. The van der Waals surface area contributed by atoms with Gasteiger partial charge >= 0.3 is 0 Å². The lowest BCUT2D eigenvalue weighted by molar-refractivity contribution is 0.596. The first-order chi connectivity index (χ1) is 9.21. The van der Waals surface area contributed by atoms with Crippen molar-refractivity contribution >= 4 is 20.0 Å². The van der Waals surface area contributed by atoms with Crippen molar-refractivity contribution in [2.24, 2.45) is 10.3 Å². The summed E-state index contributed by atoms with van der Waals surface area (Å²) in [7, 11) is -7.01. The maximum absolute atomic E-state index is 10.6. The molecule has 0 bridgehead atoms. The zero-order valence-electron chi connectivity index (χ0n) is 11.1. The molecular formula is C12H17N3O4S2. The molecule has 0 saturated heterocycles. The van der Waals surface area contributed by atoms with Gasteiger partial charge in [-0.15, -0.1) is 0 Å². The minimum atomic E-state index is -3.50. The standard InChI is InChI=1S/2C6H7NO2S.H3N/c2*7-10(8,9)6-4-2-1-3-5-6;/h2*1-5H,(H2,7,8,9);1H3. The lowest BCUT2D eigenvalue weighted by atomic mass is 10.4. The van der Waals surface area contributed by atoms with E-state index in [0.717, 1.165) is 0 Å². The Balaban J connectivity index is 0.000000364. The van der Waals surface area contributed by atoms with Gasteiger partial charge in [0.15, 0.2) is 0 Å². The normalized spacial score (nSPS) is 10.8. The second-order valence-electron chi connectivity index (χ2n) is 3.72. The van der Waals surface area contributed by atoms with Crippen LogP contribution in [-0.4, -0.2) is 16.8 Å². The van der Waals surface area contributed by atoms with Gasteiger partial charge < -0.3 is 6.15 Å². The molecule has 0 spiro atoms. The summed E-state index contributed by atoms with van der Waals surface area (Å²) in [6, 6.07) is 15.8. The van der Waals surface area contributed by atoms with Gasteiger partial charge in [0.05, 0.1) is 9.79 Å². The molecule has 21 heavy (non-hydrogen) atoms. The van der Waals surface area contributed by atoms with Crippen LogP contribution in [-0.2, 0) is 20.0 Å². The predicted molar refractivity (Wildman–Crippen MR) is 80.7 cm³/mol. The minimum Gasteiger partial charge on any atom is -0.344 e. The first kappa shape index (κ1) is 19.2. The van der Waals surface area contributed by atoms with Gasteiger partial charge in [-0.1, -0.05) is 36.4 Å². The number of nitrogens with two attached hydrogens (primary N) is 2. The first-order valence-electron chi connectivity index (χ1n) is 5.37. The van der Waals surface area contributed by atoms with Crippen molar-refractivity contribution in [2.75, 3.05) is 0 Å². The minimum absolute atomic E-state index is 0. The Kier molecular flexibility index (Phi) is 7.19. The van der Waals surface area contributed by atoms with E-state index in [0.29, 0.717) is 0 Å². The van der Waals surface area contributed by atoms with Crippen molar-refractivity contribution in [3.05, 3.63) is 60.7 Å². The van der Waals surface area contributed by atoms with E-state index in [1.54, 1.807) is 36.4 Å². The molecule has 0 unspecified atom stereocenters. The number of hydrogen-bond acceptors (Lipinski definition) is 5. The summed E-state index contributed by atoms with van der Waals surface area (Å²) in [4.78, 5) is 0.296. The third-order valence-corrected chi connectivity index (χ3v) is 4.00. The summed E-state index contributed by atoms with van der Waals surface area (Å²) < 4.78 is 42.4. The number of primary sulfonamides is 2. The molecule has 116 valence electrons. The molecule has 0 atom stereocenters. The van der Waals surface area contributed by atoms with E-state index >= 15 is 0 Å². The highest BCUT2D eigenvalue weighted by Gasteiger charge is 2.04. The van der Waals surface area contributed by atoms with Crippen molar-refractivity contribution < 1.29 is 16.8 Å². The molecule has 2 aromatic carbocycles. The maximum atomic E-state index is 10.6. The van der Waals surface area contributed by atoms with Crippen molar-refractivity contribution in [3.8, 4) is 0 Å². The Labute approximate surface area is 124 Å². The van der Waals surface area contributed by atoms with E-state index in [1.165, 1.54) is 24.3 Å². The molecule has 0 heterocycles. The van der Waals surface area contributed by atoms with Crippen molar-refractivity contribution in [3.63, 3.8) is 0 Å². The van der Waals surface area contributed by atoms with Gasteiger partial charge in [0.25, 0.3) is 0 Å². The van der Waals surface area contributed by atoms with Crippen LogP contribution in [0.2, 0.25) is 0 Å². The topological polar surface area (TPSA) is 155 Å². The highest BCUT2D eigenvalue weighted by Crippen LogP contribution is 2.03. The SMILES string of the molecule is N.NS(=O)(=O)c1ccccc1.NS(=O)(=O)c1ccccc1. The van der Waals surface area contributed by atoms with Crippen molar-refractivity contribution in [1.29, 1.82) is 0 Å². The van der Waals surface area contributed by atoms with Crippen LogP contribution in [0.15, 0.2) is 70.5 Å². The first-order valence-corrected chi connectivity index (χ1v) is 8.46.